The molecular formula is C18H22ClNO4. The van der Waals surface area contributed by atoms with Crippen LogP contribution in [0.15, 0.2) is 47.1 Å². The van der Waals surface area contributed by atoms with Gasteiger partial charge >= 0.3 is 0 Å². The van der Waals surface area contributed by atoms with Crippen LogP contribution in [0.3, 0.4) is 0 Å². The van der Waals surface area contributed by atoms with Gasteiger partial charge in [0.05, 0.1) is 31.7 Å². The lowest BCUT2D eigenvalue weighted by Crippen LogP contribution is -2.43. The molecule has 1 aromatic heterocycles. The summed E-state index contributed by atoms with van der Waals surface area (Å²) in [5, 5.41) is 10.9. The lowest BCUT2D eigenvalue weighted by molar-refractivity contribution is -0.0544. The summed E-state index contributed by atoms with van der Waals surface area (Å²) in [4.78, 5) is 2.20. The van der Waals surface area contributed by atoms with Crippen LogP contribution in [-0.4, -0.2) is 49.0 Å². The number of hydrogen-bond donors (Lipinski definition) is 1. The van der Waals surface area contributed by atoms with E-state index in [1.54, 1.807) is 6.26 Å². The van der Waals surface area contributed by atoms with E-state index in [1.807, 2.05) is 36.4 Å². The van der Waals surface area contributed by atoms with Crippen LogP contribution in [0, 0.1) is 0 Å². The van der Waals surface area contributed by atoms with E-state index in [1.165, 1.54) is 0 Å². The molecule has 0 bridgehead atoms. The fourth-order valence-corrected chi connectivity index (χ4v) is 2.91. The Morgan fingerprint density at radius 3 is 2.88 bits per heavy atom. The standard InChI is InChI=1S/C18H22ClNO4/c19-15-5-3-14(4-6-15)18-11-20(7-9-24-18)10-16(21)12-22-13-17-2-1-8-23-17/h1-6,8,16,18,21H,7,9-13H2/t16-,18-/m0/s1. The first-order valence-electron chi connectivity index (χ1n) is 8.08. The lowest BCUT2D eigenvalue weighted by atomic mass is 10.1. The summed E-state index contributed by atoms with van der Waals surface area (Å²) in [6, 6.07) is 11.4. The topological polar surface area (TPSA) is 55.1 Å². The summed E-state index contributed by atoms with van der Waals surface area (Å²) in [5.41, 5.74) is 1.10. The number of aliphatic hydroxyl groups is 1. The number of benzene rings is 1. The fourth-order valence-electron chi connectivity index (χ4n) is 2.79. The molecule has 1 fully saturated rings. The van der Waals surface area contributed by atoms with Gasteiger partial charge in [0, 0.05) is 24.7 Å². The zero-order valence-electron chi connectivity index (χ0n) is 13.4. The highest BCUT2D eigenvalue weighted by molar-refractivity contribution is 6.30. The first-order chi connectivity index (χ1) is 11.7. The second kappa shape index (κ2) is 8.65. The van der Waals surface area contributed by atoms with E-state index in [0.717, 1.165) is 29.4 Å². The van der Waals surface area contributed by atoms with Gasteiger partial charge in [-0.25, -0.2) is 0 Å². The van der Waals surface area contributed by atoms with Gasteiger partial charge in [-0.3, -0.25) is 4.90 Å². The van der Waals surface area contributed by atoms with Gasteiger partial charge in [0.15, 0.2) is 0 Å². The predicted molar refractivity (Wildman–Crippen MR) is 91.0 cm³/mol. The Morgan fingerprint density at radius 2 is 2.12 bits per heavy atom. The van der Waals surface area contributed by atoms with Crippen LogP contribution in [0.25, 0.3) is 0 Å². The minimum atomic E-state index is -0.538. The van der Waals surface area contributed by atoms with Crippen LogP contribution in [0.1, 0.15) is 17.4 Å². The van der Waals surface area contributed by atoms with Crippen LogP contribution >= 0.6 is 11.6 Å². The molecule has 0 unspecified atom stereocenters. The van der Waals surface area contributed by atoms with Crippen molar-refractivity contribution in [2.75, 3.05) is 32.8 Å². The molecule has 2 atom stereocenters. The summed E-state index contributed by atoms with van der Waals surface area (Å²) >= 11 is 5.93. The van der Waals surface area contributed by atoms with Gasteiger partial charge in [-0.15, -0.1) is 0 Å². The summed E-state index contributed by atoms with van der Waals surface area (Å²) in [6.45, 7) is 3.42. The van der Waals surface area contributed by atoms with E-state index in [2.05, 4.69) is 4.90 Å². The second-order valence-electron chi connectivity index (χ2n) is 5.92. The number of furan rings is 1. The Balaban J connectivity index is 1.43. The number of hydrogen-bond acceptors (Lipinski definition) is 5. The van der Waals surface area contributed by atoms with Crippen molar-refractivity contribution in [3.8, 4) is 0 Å². The number of aliphatic hydroxyl groups excluding tert-OH is 1. The second-order valence-corrected chi connectivity index (χ2v) is 6.36. The number of β-amino-alcohol motifs (C(OH)–C–C–N with tert-alkyl or cyclic N) is 1. The summed E-state index contributed by atoms with van der Waals surface area (Å²) in [6.07, 6.45) is 1.08. The molecular weight excluding hydrogens is 330 g/mol. The Kier molecular flexibility index (Phi) is 6.29. The molecule has 1 saturated heterocycles. The van der Waals surface area contributed by atoms with E-state index >= 15 is 0 Å². The average molecular weight is 352 g/mol. The summed E-state index contributed by atoms with van der Waals surface area (Å²) in [5.74, 6) is 0.761. The minimum Gasteiger partial charge on any atom is -0.467 e. The molecule has 2 heterocycles. The van der Waals surface area contributed by atoms with Crippen molar-refractivity contribution in [1.82, 2.24) is 4.90 Å². The highest BCUT2D eigenvalue weighted by Crippen LogP contribution is 2.23. The molecule has 3 rings (SSSR count). The molecule has 0 saturated carbocycles. The van der Waals surface area contributed by atoms with Crippen molar-refractivity contribution in [2.45, 2.75) is 18.8 Å². The maximum absolute atomic E-state index is 10.2. The monoisotopic (exact) mass is 351 g/mol. The van der Waals surface area contributed by atoms with E-state index in [4.69, 9.17) is 25.5 Å². The van der Waals surface area contributed by atoms with Crippen LogP contribution in [0.2, 0.25) is 5.02 Å². The van der Waals surface area contributed by atoms with Gasteiger partial charge in [-0.2, -0.15) is 0 Å². The van der Waals surface area contributed by atoms with Gasteiger partial charge in [-0.1, -0.05) is 23.7 Å². The first kappa shape index (κ1) is 17.5. The molecule has 2 aromatic rings. The molecule has 6 heteroatoms. The third-order valence-electron chi connectivity index (χ3n) is 4.00. The molecule has 5 nitrogen and oxygen atoms in total. The Bertz CT molecular complexity index is 602. The largest absolute Gasteiger partial charge is 0.467 e. The number of morpholine rings is 1. The zero-order valence-corrected chi connectivity index (χ0v) is 14.2. The Morgan fingerprint density at radius 1 is 1.29 bits per heavy atom. The quantitative estimate of drug-likeness (QED) is 0.831. The molecule has 0 amide bonds. The van der Waals surface area contributed by atoms with Crippen LogP contribution in [0.4, 0.5) is 0 Å². The Hall–Kier alpha value is -1.37. The zero-order chi connectivity index (χ0) is 16.8. The SMILES string of the molecule is O[C@H](COCc1ccco1)CN1CCO[C@H](c2ccc(Cl)cc2)C1. The minimum absolute atomic E-state index is 0.00672. The normalized spacial score (nSPS) is 20.2. The molecule has 130 valence electrons. The van der Waals surface area contributed by atoms with Gasteiger partial charge < -0.3 is 19.0 Å². The molecule has 1 aliphatic rings. The molecule has 1 aromatic carbocycles. The maximum atomic E-state index is 10.2. The third-order valence-corrected chi connectivity index (χ3v) is 4.25. The number of rotatable bonds is 7. The van der Waals surface area contributed by atoms with Crippen molar-refractivity contribution in [3.63, 3.8) is 0 Å². The van der Waals surface area contributed by atoms with E-state index in [-0.39, 0.29) is 12.7 Å². The maximum Gasteiger partial charge on any atom is 0.129 e. The fraction of sp³-hybridized carbons (Fsp3) is 0.444. The highest BCUT2D eigenvalue weighted by Gasteiger charge is 2.23. The first-order valence-corrected chi connectivity index (χ1v) is 8.46. The van der Waals surface area contributed by atoms with E-state index < -0.39 is 6.10 Å². The van der Waals surface area contributed by atoms with Crippen molar-refractivity contribution in [3.05, 3.63) is 59.0 Å². The third kappa shape index (κ3) is 5.06. The molecule has 1 N–H and O–H groups in total. The predicted octanol–water partition coefficient (Wildman–Crippen LogP) is 2.88. The smallest absolute Gasteiger partial charge is 0.129 e. The van der Waals surface area contributed by atoms with Crippen molar-refractivity contribution in [2.24, 2.45) is 0 Å². The van der Waals surface area contributed by atoms with Gasteiger partial charge in [0.25, 0.3) is 0 Å². The van der Waals surface area contributed by atoms with Crippen LogP contribution in [-0.2, 0) is 16.1 Å². The number of nitrogens with zero attached hydrogens (tertiary/aromatic N) is 1. The number of ether oxygens (including phenoxy) is 2. The van der Waals surface area contributed by atoms with Gasteiger partial charge in [0.1, 0.15) is 12.4 Å². The molecule has 1 aliphatic heterocycles. The highest BCUT2D eigenvalue weighted by atomic mass is 35.5. The molecule has 0 aliphatic carbocycles. The average Bonchev–Trinajstić information content (AvgIpc) is 3.09. The number of halogens is 1. The van der Waals surface area contributed by atoms with E-state index in [9.17, 15) is 5.11 Å². The summed E-state index contributed by atoms with van der Waals surface area (Å²) < 4.78 is 16.5. The van der Waals surface area contributed by atoms with Crippen molar-refractivity contribution < 1.29 is 19.0 Å². The van der Waals surface area contributed by atoms with Gasteiger partial charge in [-0.05, 0) is 29.8 Å². The van der Waals surface area contributed by atoms with Crippen LogP contribution in [0.5, 0.6) is 0 Å². The molecule has 0 spiro atoms. The van der Waals surface area contributed by atoms with Crippen molar-refractivity contribution in [1.29, 1.82) is 0 Å². The van der Waals surface area contributed by atoms with E-state index in [0.29, 0.717) is 19.8 Å². The lowest BCUT2D eigenvalue weighted by Gasteiger charge is -2.34. The molecule has 24 heavy (non-hydrogen) atoms. The van der Waals surface area contributed by atoms with Gasteiger partial charge in [0.2, 0.25) is 0 Å². The summed E-state index contributed by atoms with van der Waals surface area (Å²) in [7, 11) is 0. The van der Waals surface area contributed by atoms with Crippen molar-refractivity contribution >= 4 is 11.6 Å². The molecule has 0 radical (unpaired) electrons. The Labute approximate surface area is 146 Å². The van der Waals surface area contributed by atoms with Crippen LogP contribution < -0.4 is 0 Å².